The van der Waals surface area contributed by atoms with Gasteiger partial charge in [-0.25, -0.2) is 8.42 Å². The quantitative estimate of drug-likeness (QED) is 0.528. The molecule has 1 aromatic carbocycles. The summed E-state index contributed by atoms with van der Waals surface area (Å²) in [6.45, 7) is 12.5. The van der Waals surface area contributed by atoms with Crippen molar-refractivity contribution in [2.45, 2.75) is 58.9 Å². The number of sulfonamides is 1. The van der Waals surface area contributed by atoms with E-state index in [4.69, 9.17) is 4.42 Å². The molecular formula is C25H34N2O5S. The van der Waals surface area contributed by atoms with E-state index in [9.17, 15) is 18.0 Å². The van der Waals surface area contributed by atoms with Gasteiger partial charge in [-0.2, -0.15) is 4.72 Å². The third-order valence-corrected chi connectivity index (χ3v) is 6.31. The number of benzene rings is 1. The van der Waals surface area contributed by atoms with E-state index >= 15 is 0 Å². The smallest absolute Gasteiger partial charge is 0.253 e. The summed E-state index contributed by atoms with van der Waals surface area (Å²) in [4.78, 5) is 27.0. The molecule has 2 rings (SSSR count). The Morgan fingerprint density at radius 2 is 1.67 bits per heavy atom. The molecule has 0 unspecified atom stereocenters. The fourth-order valence-corrected chi connectivity index (χ4v) is 4.38. The van der Waals surface area contributed by atoms with Crippen LogP contribution >= 0.6 is 0 Å². The van der Waals surface area contributed by atoms with E-state index in [0.29, 0.717) is 24.1 Å². The fraction of sp³-hybridized carbons (Fsp3) is 0.520. The predicted octanol–water partition coefficient (Wildman–Crippen LogP) is 3.84. The minimum atomic E-state index is -4.06. The molecule has 0 saturated carbocycles. The maximum absolute atomic E-state index is 13.4. The molecule has 0 radical (unpaired) electrons. The lowest BCUT2D eigenvalue weighted by Gasteiger charge is -2.28. The van der Waals surface area contributed by atoms with Crippen molar-refractivity contribution < 1.29 is 22.4 Å². The van der Waals surface area contributed by atoms with Crippen LogP contribution in [0.15, 0.2) is 39.8 Å². The highest BCUT2D eigenvalue weighted by molar-refractivity contribution is 7.89. The first-order valence-electron chi connectivity index (χ1n) is 11.2. The zero-order valence-corrected chi connectivity index (χ0v) is 21.0. The average Bonchev–Trinajstić information content (AvgIpc) is 3.19. The van der Waals surface area contributed by atoms with Gasteiger partial charge in [-0.1, -0.05) is 53.4 Å². The average molecular weight is 475 g/mol. The molecule has 0 aliphatic carbocycles. The minimum Gasteiger partial charge on any atom is -0.464 e. The topological polar surface area (TPSA) is 96.7 Å². The Morgan fingerprint density at radius 3 is 2.24 bits per heavy atom. The molecular weight excluding hydrogens is 440 g/mol. The van der Waals surface area contributed by atoms with E-state index in [2.05, 4.69) is 16.6 Å². The van der Waals surface area contributed by atoms with Crippen LogP contribution in [0.5, 0.6) is 0 Å². The Labute approximate surface area is 197 Å². The third kappa shape index (κ3) is 7.72. The summed E-state index contributed by atoms with van der Waals surface area (Å²) in [5.41, 5.74) is 0.564. The van der Waals surface area contributed by atoms with E-state index in [1.54, 1.807) is 30.9 Å². The van der Waals surface area contributed by atoms with Crippen LogP contribution in [-0.4, -0.2) is 44.1 Å². The number of fused-ring (bicyclic) bond motifs is 1. The lowest BCUT2D eigenvalue weighted by Crippen LogP contribution is -2.49. The van der Waals surface area contributed by atoms with E-state index < -0.39 is 22.0 Å². The van der Waals surface area contributed by atoms with Gasteiger partial charge in [0.15, 0.2) is 6.04 Å². The number of furan rings is 1. The molecule has 0 spiro atoms. The number of amides is 1. The van der Waals surface area contributed by atoms with Crippen LogP contribution in [-0.2, 0) is 19.6 Å². The molecule has 7 nitrogen and oxygen atoms in total. The molecule has 33 heavy (non-hydrogen) atoms. The zero-order valence-electron chi connectivity index (χ0n) is 20.2. The standard InChI is InChI=1S/C25H34N2O5S/c1-17(2)15-27(16-18(3)4)25(29)22(8-7-9-23(28)19(5)6)26-33(30,31)21-10-11-24-20(14-21)12-13-32-24/h10-14,17-19,22,26H,9,15-16H2,1-6H3/t22-/m0/s1. The molecule has 0 aliphatic heterocycles. The van der Waals surface area contributed by atoms with Gasteiger partial charge in [0, 0.05) is 24.4 Å². The van der Waals surface area contributed by atoms with Gasteiger partial charge in [0.25, 0.3) is 5.91 Å². The summed E-state index contributed by atoms with van der Waals surface area (Å²) in [6.07, 6.45) is 1.44. The maximum atomic E-state index is 13.4. The highest BCUT2D eigenvalue weighted by atomic mass is 32.2. The Hall–Kier alpha value is -2.63. The first-order chi connectivity index (χ1) is 15.4. The van der Waals surface area contributed by atoms with Crippen molar-refractivity contribution in [3.8, 4) is 11.8 Å². The van der Waals surface area contributed by atoms with Gasteiger partial charge in [0.05, 0.1) is 17.6 Å². The van der Waals surface area contributed by atoms with E-state index in [-0.39, 0.29) is 34.9 Å². The molecule has 1 atom stereocenters. The molecule has 180 valence electrons. The van der Waals surface area contributed by atoms with Crippen LogP contribution in [0.1, 0.15) is 48.0 Å². The summed E-state index contributed by atoms with van der Waals surface area (Å²) >= 11 is 0. The van der Waals surface area contributed by atoms with Crippen LogP contribution in [0, 0.1) is 29.6 Å². The Kier molecular flexibility index (Phi) is 9.26. The van der Waals surface area contributed by atoms with E-state index in [1.165, 1.54) is 18.4 Å². The Balaban J connectivity index is 2.38. The van der Waals surface area contributed by atoms with Crippen LogP contribution in [0.4, 0.5) is 0 Å². The molecule has 1 aromatic heterocycles. The van der Waals surface area contributed by atoms with Gasteiger partial charge >= 0.3 is 0 Å². The number of ketones is 1. The van der Waals surface area contributed by atoms with Crippen LogP contribution < -0.4 is 4.72 Å². The lowest BCUT2D eigenvalue weighted by atomic mass is 10.1. The van der Waals surface area contributed by atoms with Gasteiger partial charge in [-0.15, -0.1) is 0 Å². The van der Waals surface area contributed by atoms with Gasteiger partial charge < -0.3 is 9.32 Å². The molecule has 1 heterocycles. The molecule has 0 fully saturated rings. The first-order valence-corrected chi connectivity index (χ1v) is 12.7. The highest BCUT2D eigenvalue weighted by Gasteiger charge is 2.29. The maximum Gasteiger partial charge on any atom is 0.253 e. The number of carbonyl (C=O) groups excluding carboxylic acids is 2. The minimum absolute atomic E-state index is 0.00789. The van der Waals surface area contributed by atoms with Gasteiger partial charge in [0.2, 0.25) is 10.0 Å². The second-order valence-corrected chi connectivity index (χ2v) is 11.0. The van der Waals surface area contributed by atoms with Crippen molar-refractivity contribution in [1.82, 2.24) is 9.62 Å². The molecule has 0 saturated heterocycles. The number of hydrogen-bond acceptors (Lipinski definition) is 5. The monoisotopic (exact) mass is 474 g/mol. The second kappa shape index (κ2) is 11.5. The summed E-state index contributed by atoms with van der Waals surface area (Å²) in [7, 11) is -4.06. The summed E-state index contributed by atoms with van der Waals surface area (Å²) in [5, 5.41) is 0.635. The molecule has 0 bridgehead atoms. The number of nitrogens with one attached hydrogen (secondary N) is 1. The molecule has 2 aromatic rings. The SMILES string of the molecule is CC(C)CN(CC(C)C)C(=O)[C@H](C#CCC(=O)C(C)C)NS(=O)(=O)c1ccc2occc2c1. The molecule has 1 N–H and O–H groups in total. The number of rotatable bonds is 10. The van der Waals surface area contributed by atoms with E-state index in [0.717, 1.165) is 0 Å². The highest BCUT2D eigenvalue weighted by Crippen LogP contribution is 2.20. The number of Topliss-reactive ketones (excluding diaryl/α,β-unsaturated/α-hetero) is 1. The third-order valence-electron chi connectivity index (χ3n) is 4.89. The second-order valence-electron chi connectivity index (χ2n) is 9.32. The molecule has 0 aliphatic rings. The van der Waals surface area contributed by atoms with Gasteiger partial charge in [0.1, 0.15) is 11.4 Å². The number of carbonyl (C=O) groups is 2. The molecule has 8 heteroatoms. The zero-order chi connectivity index (χ0) is 24.8. The lowest BCUT2D eigenvalue weighted by molar-refractivity contribution is -0.132. The van der Waals surface area contributed by atoms with Crippen molar-refractivity contribution in [2.75, 3.05) is 13.1 Å². The summed E-state index contributed by atoms with van der Waals surface area (Å²) in [6, 6.07) is 4.84. The Morgan fingerprint density at radius 1 is 1.03 bits per heavy atom. The van der Waals surface area contributed by atoms with Crippen molar-refractivity contribution in [2.24, 2.45) is 17.8 Å². The Bertz CT molecular complexity index is 1130. The first kappa shape index (κ1) is 26.6. The summed E-state index contributed by atoms with van der Waals surface area (Å²) in [5.74, 6) is 5.16. The number of hydrogen-bond donors (Lipinski definition) is 1. The van der Waals surface area contributed by atoms with Crippen molar-refractivity contribution in [3.05, 3.63) is 30.5 Å². The van der Waals surface area contributed by atoms with Crippen LogP contribution in [0.25, 0.3) is 11.0 Å². The van der Waals surface area contributed by atoms with E-state index in [1.807, 2.05) is 27.7 Å². The van der Waals surface area contributed by atoms with Crippen molar-refractivity contribution >= 4 is 32.7 Å². The molecule has 1 amide bonds. The number of nitrogens with zero attached hydrogens (tertiary/aromatic N) is 1. The van der Waals surface area contributed by atoms with Gasteiger partial charge in [-0.3, -0.25) is 9.59 Å². The fourth-order valence-electron chi connectivity index (χ4n) is 3.24. The van der Waals surface area contributed by atoms with Crippen LogP contribution in [0.3, 0.4) is 0 Å². The summed E-state index contributed by atoms with van der Waals surface area (Å²) < 4.78 is 34.0. The van der Waals surface area contributed by atoms with Crippen molar-refractivity contribution in [1.29, 1.82) is 0 Å². The predicted molar refractivity (Wildman–Crippen MR) is 129 cm³/mol. The normalized spacial score (nSPS) is 12.8. The van der Waals surface area contributed by atoms with Gasteiger partial charge in [-0.05, 0) is 36.1 Å². The van der Waals surface area contributed by atoms with Crippen molar-refractivity contribution in [3.63, 3.8) is 0 Å². The van der Waals surface area contributed by atoms with Crippen LogP contribution in [0.2, 0.25) is 0 Å². The largest absolute Gasteiger partial charge is 0.464 e.